The van der Waals surface area contributed by atoms with E-state index in [1.165, 1.54) is 0 Å². The quantitative estimate of drug-likeness (QED) is 0.470. The van der Waals surface area contributed by atoms with Crippen molar-refractivity contribution in [1.29, 1.82) is 5.41 Å². The Labute approximate surface area is 127 Å². The molecule has 0 aliphatic carbocycles. The fourth-order valence-electron chi connectivity index (χ4n) is 1.74. The maximum Gasteiger partial charge on any atom is 0.339 e. The van der Waals surface area contributed by atoms with Gasteiger partial charge >= 0.3 is 5.97 Å². The Morgan fingerprint density at radius 2 is 2.15 bits per heavy atom. The highest BCUT2D eigenvalue weighted by molar-refractivity contribution is 9.10. The van der Waals surface area contributed by atoms with Gasteiger partial charge in [-0.15, -0.1) is 0 Å². The van der Waals surface area contributed by atoms with Gasteiger partial charge in [0, 0.05) is 11.8 Å². The normalized spacial score (nSPS) is 10.5. The van der Waals surface area contributed by atoms with E-state index in [0.717, 1.165) is 0 Å². The first-order valence-corrected chi connectivity index (χ1v) is 7.41. The third-order valence-electron chi connectivity index (χ3n) is 2.56. The van der Waals surface area contributed by atoms with Crippen LogP contribution in [0.15, 0.2) is 10.7 Å². The number of anilines is 1. The molecule has 1 rings (SSSR count). The van der Waals surface area contributed by atoms with E-state index in [9.17, 15) is 4.79 Å². The minimum Gasteiger partial charge on any atom is -0.462 e. The molecule has 6 heteroatoms. The van der Waals surface area contributed by atoms with Crippen LogP contribution in [0.4, 0.5) is 5.82 Å². The van der Waals surface area contributed by atoms with Gasteiger partial charge in [0.05, 0.1) is 17.7 Å². The molecular weight excluding hydrogens is 322 g/mol. The van der Waals surface area contributed by atoms with Crippen LogP contribution in [0.3, 0.4) is 0 Å². The van der Waals surface area contributed by atoms with Gasteiger partial charge in [-0.1, -0.05) is 6.92 Å². The summed E-state index contributed by atoms with van der Waals surface area (Å²) in [6.07, 6.45) is 0.516. The topological polar surface area (TPSA) is 75.1 Å². The average molecular weight is 342 g/mol. The first-order valence-electron chi connectivity index (χ1n) is 6.62. The van der Waals surface area contributed by atoms with Crippen molar-refractivity contribution in [3.8, 4) is 0 Å². The molecule has 0 aromatic carbocycles. The van der Waals surface area contributed by atoms with E-state index in [1.807, 2.05) is 20.8 Å². The van der Waals surface area contributed by atoms with Crippen LogP contribution in [0.25, 0.3) is 0 Å². The molecule has 0 fully saturated rings. The number of rotatable bonds is 6. The maximum atomic E-state index is 12.1. The molecule has 5 nitrogen and oxygen atoms in total. The molecule has 0 spiro atoms. The standard InChI is InChI=1S/C14H20BrN3O2/c1-5-10(16)12-9(14(19)20-6-2)7-11(15)18-13(12)17-8(3)4/h7-8,16H,5-6H2,1-4H3,(H,17,18). The highest BCUT2D eigenvalue weighted by Gasteiger charge is 2.21. The van der Waals surface area contributed by atoms with Crippen LogP contribution in [0.1, 0.15) is 50.0 Å². The van der Waals surface area contributed by atoms with Crippen molar-refractivity contribution >= 4 is 33.4 Å². The summed E-state index contributed by atoms with van der Waals surface area (Å²) in [6, 6.07) is 1.75. The number of nitrogens with one attached hydrogen (secondary N) is 2. The van der Waals surface area contributed by atoms with Gasteiger partial charge in [-0.25, -0.2) is 9.78 Å². The van der Waals surface area contributed by atoms with Crippen LogP contribution in [-0.4, -0.2) is 29.3 Å². The first-order chi connectivity index (χ1) is 9.40. The lowest BCUT2D eigenvalue weighted by molar-refractivity contribution is 0.0526. The lowest BCUT2D eigenvalue weighted by atomic mass is 10.0. The second-order valence-corrected chi connectivity index (χ2v) is 5.38. The molecule has 0 radical (unpaired) electrons. The van der Waals surface area contributed by atoms with Crippen molar-refractivity contribution in [2.75, 3.05) is 11.9 Å². The van der Waals surface area contributed by atoms with E-state index in [0.29, 0.717) is 40.3 Å². The molecule has 1 aromatic rings. The van der Waals surface area contributed by atoms with Crippen molar-refractivity contribution in [2.45, 2.75) is 40.2 Å². The predicted molar refractivity (Wildman–Crippen MR) is 83.8 cm³/mol. The van der Waals surface area contributed by atoms with Gasteiger partial charge in [0.1, 0.15) is 10.4 Å². The zero-order valence-corrected chi connectivity index (χ0v) is 13.8. The van der Waals surface area contributed by atoms with Gasteiger partial charge in [0.2, 0.25) is 0 Å². The zero-order chi connectivity index (χ0) is 15.3. The van der Waals surface area contributed by atoms with Gasteiger partial charge in [-0.2, -0.15) is 0 Å². The molecule has 0 atom stereocenters. The molecular formula is C14H20BrN3O2. The number of hydrogen-bond acceptors (Lipinski definition) is 5. The van der Waals surface area contributed by atoms with Crippen molar-refractivity contribution in [3.63, 3.8) is 0 Å². The molecule has 0 amide bonds. The van der Waals surface area contributed by atoms with Crippen LogP contribution < -0.4 is 5.32 Å². The van der Waals surface area contributed by atoms with E-state index in [2.05, 4.69) is 26.2 Å². The Morgan fingerprint density at radius 1 is 1.50 bits per heavy atom. The van der Waals surface area contributed by atoms with E-state index in [4.69, 9.17) is 10.1 Å². The summed E-state index contributed by atoms with van der Waals surface area (Å²) in [6.45, 7) is 7.88. The number of aromatic nitrogens is 1. The zero-order valence-electron chi connectivity index (χ0n) is 12.2. The lowest BCUT2D eigenvalue weighted by Crippen LogP contribution is -2.19. The molecule has 1 heterocycles. The van der Waals surface area contributed by atoms with E-state index in [1.54, 1.807) is 13.0 Å². The summed E-state index contributed by atoms with van der Waals surface area (Å²) in [5, 5.41) is 11.3. The number of esters is 1. The van der Waals surface area contributed by atoms with E-state index >= 15 is 0 Å². The number of carbonyl (C=O) groups is 1. The highest BCUT2D eigenvalue weighted by atomic mass is 79.9. The number of nitrogens with zero attached hydrogens (tertiary/aromatic N) is 1. The Morgan fingerprint density at radius 3 is 2.65 bits per heavy atom. The average Bonchev–Trinajstić information content (AvgIpc) is 2.36. The smallest absolute Gasteiger partial charge is 0.339 e. The largest absolute Gasteiger partial charge is 0.462 e. The Balaban J connectivity index is 3.43. The molecule has 0 saturated carbocycles. The Hall–Kier alpha value is -1.43. The molecule has 20 heavy (non-hydrogen) atoms. The molecule has 0 aliphatic heterocycles. The third kappa shape index (κ3) is 4.03. The second-order valence-electron chi connectivity index (χ2n) is 4.57. The molecule has 2 N–H and O–H groups in total. The highest BCUT2D eigenvalue weighted by Crippen LogP contribution is 2.25. The predicted octanol–water partition coefficient (Wildman–Crippen LogP) is 3.62. The van der Waals surface area contributed by atoms with Crippen molar-refractivity contribution in [1.82, 2.24) is 4.98 Å². The second kappa shape index (κ2) is 7.38. The number of carbonyl (C=O) groups excluding carboxylic acids is 1. The van der Waals surface area contributed by atoms with Gasteiger partial charge in [-0.3, -0.25) is 0 Å². The number of pyridine rings is 1. The van der Waals surface area contributed by atoms with Crippen molar-refractivity contribution in [2.24, 2.45) is 0 Å². The Bertz CT molecular complexity index is 515. The monoisotopic (exact) mass is 341 g/mol. The van der Waals surface area contributed by atoms with Gasteiger partial charge in [-0.05, 0) is 49.2 Å². The summed E-state index contributed by atoms with van der Waals surface area (Å²) in [5.41, 5.74) is 1.24. The number of ether oxygens (including phenoxy) is 1. The minimum atomic E-state index is -0.435. The maximum absolute atomic E-state index is 12.1. The first kappa shape index (κ1) is 16.6. The Kier molecular flexibility index (Phi) is 6.13. The summed E-state index contributed by atoms with van der Waals surface area (Å²) < 4.78 is 5.60. The molecule has 110 valence electrons. The minimum absolute atomic E-state index is 0.148. The molecule has 0 aliphatic rings. The summed E-state index contributed by atoms with van der Waals surface area (Å²) in [4.78, 5) is 16.4. The van der Waals surface area contributed by atoms with Crippen LogP contribution >= 0.6 is 15.9 Å². The van der Waals surface area contributed by atoms with Gasteiger partial charge < -0.3 is 15.5 Å². The SMILES string of the molecule is CCOC(=O)c1cc(Br)nc(NC(C)C)c1C(=N)CC. The van der Waals surface area contributed by atoms with Crippen LogP contribution in [-0.2, 0) is 4.74 Å². The number of hydrogen-bond donors (Lipinski definition) is 2. The van der Waals surface area contributed by atoms with Gasteiger partial charge in [0.25, 0.3) is 0 Å². The van der Waals surface area contributed by atoms with Crippen molar-refractivity contribution in [3.05, 3.63) is 21.8 Å². The lowest BCUT2D eigenvalue weighted by Gasteiger charge is -2.17. The van der Waals surface area contributed by atoms with E-state index in [-0.39, 0.29) is 6.04 Å². The molecule has 1 aromatic heterocycles. The number of halogens is 1. The van der Waals surface area contributed by atoms with E-state index < -0.39 is 5.97 Å². The fraction of sp³-hybridized carbons (Fsp3) is 0.500. The summed E-state index contributed by atoms with van der Waals surface area (Å²) >= 11 is 3.30. The third-order valence-corrected chi connectivity index (χ3v) is 2.97. The van der Waals surface area contributed by atoms with Crippen LogP contribution in [0, 0.1) is 5.41 Å². The van der Waals surface area contributed by atoms with Crippen LogP contribution in [0.5, 0.6) is 0 Å². The van der Waals surface area contributed by atoms with Gasteiger partial charge in [0.15, 0.2) is 0 Å². The van der Waals surface area contributed by atoms with Crippen molar-refractivity contribution < 1.29 is 9.53 Å². The summed E-state index contributed by atoms with van der Waals surface area (Å²) in [5.74, 6) is 0.0971. The summed E-state index contributed by atoms with van der Waals surface area (Å²) in [7, 11) is 0. The molecule has 0 unspecified atom stereocenters. The fourth-order valence-corrected chi connectivity index (χ4v) is 2.15. The molecule has 0 saturated heterocycles. The van der Waals surface area contributed by atoms with Crippen LogP contribution in [0.2, 0.25) is 0 Å². The molecule has 0 bridgehead atoms.